The molecule has 1 heterocycles. The van der Waals surface area contributed by atoms with Crippen LogP contribution in [0.2, 0.25) is 0 Å². The lowest BCUT2D eigenvalue weighted by molar-refractivity contribution is -0.150. The second kappa shape index (κ2) is 5.12. The normalized spacial score (nSPS) is 18.6. The number of nitrogens with two attached hydrogens (primary N) is 1. The van der Waals surface area contributed by atoms with Gasteiger partial charge in [-0.1, -0.05) is 0 Å². The summed E-state index contributed by atoms with van der Waals surface area (Å²) >= 11 is 0. The van der Waals surface area contributed by atoms with Crippen LogP contribution in [0.1, 0.15) is 31.4 Å². The van der Waals surface area contributed by atoms with E-state index in [1.54, 1.807) is 12.5 Å². The molecule has 1 fully saturated rings. The first kappa shape index (κ1) is 11.1. The average Bonchev–Trinajstić information content (AvgIpc) is 2.90. The van der Waals surface area contributed by atoms with Crippen molar-refractivity contribution in [2.45, 2.75) is 44.2 Å². The Kier molecular flexibility index (Phi) is 3.56. The predicted octanol–water partition coefficient (Wildman–Crippen LogP) is 0.765. The fraction of sp³-hybridized carbons (Fsp3) is 0.636. The number of carbonyl (C=O) groups is 1. The third kappa shape index (κ3) is 2.82. The molecule has 1 saturated carbocycles. The van der Waals surface area contributed by atoms with Crippen LogP contribution in [0.3, 0.4) is 0 Å². The molecule has 1 atom stereocenters. The minimum atomic E-state index is -0.596. The van der Waals surface area contributed by atoms with Crippen molar-refractivity contribution in [3.05, 3.63) is 18.2 Å². The van der Waals surface area contributed by atoms with E-state index < -0.39 is 6.04 Å². The Morgan fingerprint density at radius 2 is 2.38 bits per heavy atom. The number of hydrogen-bond acceptors (Lipinski definition) is 4. The minimum absolute atomic E-state index is 0.0836. The highest BCUT2D eigenvalue weighted by molar-refractivity contribution is 5.76. The van der Waals surface area contributed by atoms with Gasteiger partial charge in [-0.25, -0.2) is 4.98 Å². The molecule has 0 aromatic carbocycles. The first-order chi connectivity index (χ1) is 7.75. The standard InChI is InChI=1S/C11H17N3O2/c12-10(5-8-6-13-7-14-8)11(15)16-9-3-1-2-4-9/h6-7,9-10H,1-5,12H2,(H,13,14). The van der Waals surface area contributed by atoms with Crippen LogP contribution < -0.4 is 5.73 Å². The monoisotopic (exact) mass is 223 g/mol. The zero-order valence-electron chi connectivity index (χ0n) is 9.19. The summed E-state index contributed by atoms with van der Waals surface area (Å²) in [4.78, 5) is 18.4. The van der Waals surface area contributed by atoms with E-state index in [4.69, 9.17) is 10.5 Å². The molecule has 5 nitrogen and oxygen atoms in total. The summed E-state index contributed by atoms with van der Waals surface area (Å²) in [6.45, 7) is 0. The molecule has 0 saturated heterocycles. The van der Waals surface area contributed by atoms with Gasteiger partial charge in [0.1, 0.15) is 12.1 Å². The summed E-state index contributed by atoms with van der Waals surface area (Å²) in [5.41, 5.74) is 6.62. The van der Waals surface area contributed by atoms with Crippen molar-refractivity contribution in [3.63, 3.8) is 0 Å². The molecule has 1 aromatic rings. The van der Waals surface area contributed by atoms with Crippen LogP contribution in [0.25, 0.3) is 0 Å². The van der Waals surface area contributed by atoms with E-state index in [0.29, 0.717) is 6.42 Å². The molecule has 0 spiro atoms. The summed E-state index contributed by atoms with van der Waals surface area (Å²) in [5, 5.41) is 0. The van der Waals surface area contributed by atoms with Crippen LogP contribution in [0.15, 0.2) is 12.5 Å². The van der Waals surface area contributed by atoms with Crippen LogP contribution in [0, 0.1) is 0 Å². The Morgan fingerprint density at radius 3 is 3.00 bits per heavy atom. The van der Waals surface area contributed by atoms with Gasteiger partial charge in [0.15, 0.2) is 0 Å². The van der Waals surface area contributed by atoms with E-state index in [1.807, 2.05) is 0 Å². The molecule has 1 unspecified atom stereocenters. The third-order valence-electron chi connectivity index (χ3n) is 2.88. The highest BCUT2D eigenvalue weighted by Gasteiger charge is 2.23. The van der Waals surface area contributed by atoms with Gasteiger partial charge in [-0.3, -0.25) is 4.79 Å². The lowest BCUT2D eigenvalue weighted by Gasteiger charge is -2.15. The molecule has 1 aliphatic carbocycles. The molecule has 0 aliphatic heterocycles. The van der Waals surface area contributed by atoms with E-state index in [9.17, 15) is 4.79 Å². The number of rotatable bonds is 4. The van der Waals surface area contributed by atoms with Gasteiger partial charge in [-0.15, -0.1) is 0 Å². The topological polar surface area (TPSA) is 81.0 Å². The molecule has 1 aliphatic rings. The largest absolute Gasteiger partial charge is 0.461 e. The Balaban J connectivity index is 1.79. The van der Waals surface area contributed by atoms with E-state index in [2.05, 4.69) is 9.97 Å². The van der Waals surface area contributed by atoms with E-state index in [-0.39, 0.29) is 12.1 Å². The number of aromatic amines is 1. The van der Waals surface area contributed by atoms with Gasteiger partial charge >= 0.3 is 5.97 Å². The van der Waals surface area contributed by atoms with E-state index in [1.165, 1.54) is 0 Å². The number of aromatic nitrogens is 2. The van der Waals surface area contributed by atoms with Crippen molar-refractivity contribution in [2.75, 3.05) is 0 Å². The summed E-state index contributed by atoms with van der Waals surface area (Å²) in [6.07, 6.45) is 8.02. The van der Waals surface area contributed by atoms with Crippen molar-refractivity contribution in [1.29, 1.82) is 0 Å². The van der Waals surface area contributed by atoms with Gasteiger partial charge < -0.3 is 15.5 Å². The van der Waals surface area contributed by atoms with Crippen molar-refractivity contribution in [1.82, 2.24) is 9.97 Å². The minimum Gasteiger partial charge on any atom is -0.461 e. The van der Waals surface area contributed by atoms with Crippen molar-refractivity contribution >= 4 is 5.97 Å². The van der Waals surface area contributed by atoms with E-state index in [0.717, 1.165) is 31.4 Å². The first-order valence-corrected chi connectivity index (χ1v) is 5.69. The zero-order valence-corrected chi connectivity index (χ0v) is 9.19. The number of esters is 1. The maximum Gasteiger partial charge on any atom is 0.323 e. The van der Waals surface area contributed by atoms with Gasteiger partial charge in [0.05, 0.1) is 6.33 Å². The van der Waals surface area contributed by atoms with Crippen LogP contribution in [0.4, 0.5) is 0 Å². The molecule has 0 radical (unpaired) electrons. The first-order valence-electron chi connectivity index (χ1n) is 5.69. The van der Waals surface area contributed by atoms with Crippen LogP contribution in [-0.2, 0) is 16.0 Å². The van der Waals surface area contributed by atoms with Crippen molar-refractivity contribution in [3.8, 4) is 0 Å². The highest BCUT2D eigenvalue weighted by atomic mass is 16.5. The number of imidazole rings is 1. The second-order valence-corrected chi connectivity index (χ2v) is 4.23. The lowest BCUT2D eigenvalue weighted by Crippen LogP contribution is -2.36. The number of hydrogen-bond donors (Lipinski definition) is 2. The Labute approximate surface area is 94.4 Å². The van der Waals surface area contributed by atoms with Gasteiger partial charge in [0.25, 0.3) is 0 Å². The summed E-state index contributed by atoms with van der Waals surface area (Å²) in [7, 11) is 0. The van der Waals surface area contributed by atoms with Crippen molar-refractivity contribution in [2.24, 2.45) is 5.73 Å². The number of nitrogens with zero attached hydrogens (tertiary/aromatic N) is 1. The fourth-order valence-electron chi connectivity index (χ4n) is 1.97. The predicted molar refractivity (Wildman–Crippen MR) is 58.6 cm³/mol. The zero-order chi connectivity index (χ0) is 11.4. The van der Waals surface area contributed by atoms with Gasteiger partial charge in [-0.2, -0.15) is 0 Å². The number of H-pyrrole nitrogens is 1. The Bertz CT molecular complexity index is 331. The molecule has 3 N–H and O–H groups in total. The molecule has 88 valence electrons. The summed E-state index contributed by atoms with van der Waals surface area (Å²) in [6, 6.07) is -0.596. The van der Waals surface area contributed by atoms with Crippen LogP contribution in [-0.4, -0.2) is 28.1 Å². The lowest BCUT2D eigenvalue weighted by atomic mass is 10.2. The van der Waals surface area contributed by atoms with Gasteiger partial charge in [-0.05, 0) is 25.7 Å². The Hall–Kier alpha value is -1.36. The summed E-state index contributed by atoms with van der Waals surface area (Å²) in [5.74, 6) is -0.304. The SMILES string of the molecule is NC(Cc1cnc[nH]1)C(=O)OC1CCCC1. The molecular weight excluding hydrogens is 206 g/mol. The highest BCUT2D eigenvalue weighted by Crippen LogP contribution is 2.21. The Morgan fingerprint density at radius 1 is 1.62 bits per heavy atom. The maximum atomic E-state index is 11.6. The van der Waals surface area contributed by atoms with Gasteiger partial charge in [0, 0.05) is 18.3 Å². The van der Waals surface area contributed by atoms with Gasteiger partial charge in [0.2, 0.25) is 0 Å². The summed E-state index contributed by atoms with van der Waals surface area (Å²) < 4.78 is 5.32. The van der Waals surface area contributed by atoms with E-state index >= 15 is 0 Å². The molecular formula is C11H17N3O2. The molecule has 0 bridgehead atoms. The quantitative estimate of drug-likeness (QED) is 0.738. The number of nitrogens with one attached hydrogen (secondary N) is 1. The molecule has 16 heavy (non-hydrogen) atoms. The molecule has 2 rings (SSSR count). The fourth-order valence-corrected chi connectivity index (χ4v) is 1.97. The van der Waals surface area contributed by atoms with Crippen LogP contribution in [0.5, 0.6) is 0 Å². The number of carbonyl (C=O) groups excluding carboxylic acids is 1. The van der Waals surface area contributed by atoms with Crippen LogP contribution >= 0.6 is 0 Å². The second-order valence-electron chi connectivity index (χ2n) is 4.23. The third-order valence-corrected chi connectivity index (χ3v) is 2.88. The molecule has 1 aromatic heterocycles. The number of ether oxygens (including phenoxy) is 1. The van der Waals surface area contributed by atoms with Crippen molar-refractivity contribution < 1.29 is 9.53 Å². The maximum absolute atomic E-state index is 11.6. The average molecular weight is 223 g/mol. The molecule has 5 heteroatoms. The smallest absolute Gasteiger partial charge is 0.323 e. The molecule has 0 amide bonds.